The summed E-state index contributed by atoms with van der Waals surface area (Å²) in [5.41, 5.74) is 4.35. The van der Waals surface area contributed by atoms with Gasteiger partial charge in [-0.2, -0.15) is 5.10 Å². The number of carbonyl (C=O) groups is 1. The van der Waals surface area contributed by atoms with E-state index in [0.717, 1.165) is 24.6 Å². The van der Waals surface area contributed by atoms with Gasteiger partial charge in [0.2, 0.25) is 0 Å². The number of carbonyl (C=O) groups excluding carboxylic acids is 1. The molecule has 1 aromatic rings. The Bertz CT molecular complexity index is 517. The Labute approximate surface area is 152 Å². The molecular formula is C20H34N4O. The quantitative estimate of drug-likeness (QED) is 0.375. The van der Waals surface area contributed by atoms with E-state index in [0.29, 0.717) is 11.4 Å². The van der Waals surface area contributed by atoms with E-state index < -0.39 is 0 Å². The number of hydrogen-bond donors (Lipinski definition) is 2. The first-order valence-electron chi connectivity index (χ1n) is 9.66. The zero-order valence-electron chi connectivity index (χ0n) is 16.3. The fraction of sp³-hybridized carbons (Fsp3) is 0.650. The highest BCUT2D eigenvalue weighted by atomic mass is 16.1. The molecule has 25 heavy (non-hydrogen) atoms. The van der Waals surface area contributed by atoms with Gasteiger partial charge in [-0.1, -0.05) is 52.4 Å². The van der Waals surface area contributed by atoms with E-state index in [2.05, 4.69) is 20.8 Å². The molecule has 1 aliphatic rings. The third-order valence-electron chi connectivity index (χ3n) is 4.22. The Hall–Kier alpha value is -1.91. The van der Waals surface area contributed by atoms with Crippen LogP contribution in [-0.2, 0) is 0 Å². The van der Waals surface area contributed by atoms with E-state index in [1.54, 1.807) is 18.3 Å². The van der Waals surface area contributed by atoms with Gasteiger partial charge < -0.3 is 5.32 Å². The summed E-state index contributed by atoms with van der Waals surface area (Å²) in [7, 11) is 0. The maximum absolute atomic E-state index is 12.0. The number of nitrogens with one attached hydrogen (secondary N) is 2. The first-order chi connectivity index (χ1) is 12.1. The molecule has 5 nitrogen and oxygen atoms in total. The van der Waals surface area contributed by atoms with Crippen LogP contribution in [0.2, 0.25) is 0 Å². The summed E-state index contributed by atoms with van der Waals surface area (Å²) in [5.74, 6) is 1.57. The lowest BCUT2D eigenvalue weighted by atomic mass is 9.82. The molecule has 0 spiro atoms. The molecule has 0 aliphatic heterocycles. The van der Waals surface area contributed by atoms with Crippen molar-refractivity contribution in [1.29, 1.82) is 0 Å². The topological polar surface area (TPSA) is 66.4 Å². The van der Waals surface area contributed by atoms with Crippen LogP contribution in [0.4, 0.5) is 5.82 Å². The summed E-state index contributed by atoms with van der Waals surface area (Å²) in [6.07, 6.45) is 10.8. The predicted molar refractivity (Wildman–Crippen MR) is 106 cm³/mol. The van der Waals surface area contributed by atoms with Crippen molar-refractivity contribution in [2.24, 2.45) is 11.0 Å². The average Bonchev–Trinajstić information content (AvgIpc) is 2.59. The number of unbranched alkanes of at least 4 members (excludes halogenated alkanes) is 2. The zero-order chi connectivity index (χ0) is 18.5. The smallest absolute Gasteiger partial charge is 0.252 e. The molecule has 0 bridgehead atoms. The summed E-state index contributed by atoms with van der Waals surface area (Å²) in [6.45, 7) is 8.55. The number of hydrogen-bond acceptors (Lipinski definition) is 4. The molecule has 5 heteroatoms. The normalized spacial score (nSPS) is 13.1. The van der Waals surface area contributed by atoms with Gasteiger partial charge in [-0.25, -0.2) is 4.98 Å². The van der Waals surface area contributed by atoms with E-state index in [-0.39, 0.29) is 5.91 Å². The highest BCUT2D eigenvalue weighted by Crippen LogP contribution is 2.30. The van der Waals surface area contributed by atoms with Gasteiger partial charge in [0.25, 0.3) is 5.91 Å². The van der Waals surface area contributed by atoms with Crippen molar-refractivity contribution in [1.82, 2.24) is 10.3 Å². The molecule has 0 saturated heterocycles. The van der Waals surface area contributed by atoms with Crippen LogP contribution in [0.25, 0.3) is 0 Å². The standard InChI is InChI=1S/C18H28N4O.C2H6/c1-14(2)21-22-17-11-10-16(13-20-17)18(23)19-12-5-3-4-7-15-8-6-9-15;1-2/h10-11,13,15H,3-9,12H2,1-2H3,(H,19,23)(H,20,22);1-2H3. The van der Waals surface area contributed by atoms with E-state index in [9.17, 15) is 4.79 Å². The van der Waals surface area contributed by atoms with Crippen molar-refractivity contribution >= 4 is 17.4 Å². The Kier molecular flexibility index (Phi) is 10.5. The predicted octanol–water partition coefficient (Wildman–Crippen LogP) is 5.01. The van der Waals surface area contributed by atoms with Crippen LogP contribution in [0.15, 0.2) is 23.4 Å². The molecule has 0 radical (unpaired) electrons. The van der Waals surface area contributed by atoms with E-state index in [1.165, 1.54) is 38.5 Å². The van der Waals surface area contributed by atoms with Gasteiger partial charge in [-0.05, 0) is 38.3 Å². The van der Waals surface area contributed by atoms with Crippen LogP contribution in [-0.4, -0.2) is 23.1 Å². The van der Waals surface area contributed by atoms with Crippen molar-refractivity contribution in [3.05, 3.63) is 23.9 Å². The highest BCUT2D eigenvalue weighted by Gasteiger charge is 2.16. The van der Waals surface area contributed by atoms with Gasteiger partial charge in [-0.3, -0.25) is 10.2 Å². The van der Waals surface area contributed by atoms with Crippen molar-refractivity contribution in [2.75, 3.05) is 12.0 Å². The van der Waals surface area contributed by atoms with Crippen LogP contribution in [0.1, 0.15) is 83.0 Å². The summed E-state index contributed by atoms with van der Waals surface area (Å²) < 4.78 is 0. The van der Waals surface area contributed by atoms with Gasteiger partial charge in [-0.15, -0.1) is 0 Å². The third kappa shape index (κ3) is 8.66. The van der Waals surface area contributed by atoms with Crippen LogP contribution >= 0.6 is 0 Å². The van der Waals surface area contributed by atoms with Gasteiger partial charge in [0.1, 0.15) is 5.82 Å². The minimum absolute atomic E-state index is 0.0572. The monoisotopic (exact) mass is 346 g/mol. The first-order valence-corrected chi connectivity index (χ1v) is 9.66. The average molecular weight is 347 g/mol. The Morgan fingerprint density at radius 1 is 1.20 bits per heavy atom. The molecule has 2 N–H and O–H groups in total. The van der Waals surface area contributed by atoms with Gasteiger partial charge in [0.15, 0.2) is 0 Å². The van der Waals surface area contributed by atoms with Crippen LogP contribution < -0.4 is 10.7 Å². The van der Waals surface area contributed by atoms with E-state index in [4.69, 9.17) is 0 Å². The summed E-state index contributed by atoms with van der Waals surface area (Å²) in [6, 6.07) is 3.53. The third-order valence-corrected chi connectivity index (χ3v) is 4.22. The maximum Gasteiger partial charge on any atom is 0.252 e. The van der Waals surface area contributed by atoms with Gasteiger partial charge in [0.05, 0.1) is 5.56 Å². The largest absolute Gasteiger partial charge is 0.352 e. The Morgan fingerprint density at radius 2 is 1.96 bits per heavy atom. The van der Waals surface area contributed by atoms with Crippen molar-refractivity contribution in [3.63, 3.8) is 0 Å². The Balaban J connectivity index is 0.00000151. The lowest BCUT2D eigenvalue weighted by molar-refractivity contribution is 0.0952. The molecule has 0 aromatic carbocycles. The minimum Gasteiger partial charge on any atom is -0.352 e. The van der Waals surface area contributed by atoms with Crippen LogP contribution in [0, 0.1) is 5.92 Å². The van der Waals surface area contributed by atoms with Crippen LogP contribution in [0.5, 0.6) is 0 Å². The number of amides is 1. The molecule has 0 unspecified atom stereocenters. The SMILES string of the molecule is CC.CC(C)=NNc1ccc(C(=O)NCCCCCC2CCC2)cn1. The summed E-state index contributed by atoms with van der Waals surface area (Å²) in [5, 5.41) is 7.03. The van der Waals surface area contributed by atoms with Crippen molar-refractivity contribution in [2.45, 2.75) is 72.6 Å². The summed E-state index contributed by atoms with van der Waals surface area (Å²) >= 11 is 0. The van der Waals surface area contributed by atoms with Gasteiger partial charge in [0, 0.05) is 18.5 Å². The zero-order valence-corrected chi connectivity index (χ0v) is 16.3. The lowest BCUT2D eigenvalue weighted by Crippen LogP contribution is -2.24. The second-order valence-corrected chi connectivity index (χ2v) is 6.51. The maximum atomic E-state index is 12.0. The van der Waals surface area contributed by atoms with E-state index >= 15 is 0 Å². The molecular weight excluding hydrogens is 312 g/mol. The minimum atomic E-state index is -0.0572. The second kappa shape index (κ2) is 12.5. The summed E-state index contributed by atoms with van der Waals surface area (Å²) in [4.78, 5) is 16.2. The van der Waals surface area contributed by atoms with E-state index in [1.807, 2.05) is 27.7 Å². The molecule has 1 heterocycles. The fourth-order valence-corrected chi connectivity index (χ4v) is 2.58. The molecule has 1 aromatic heterocycles. The molecule has 1 saturated carbocycles. The fourth-order valence-electron chi connectivity index (χ4n) is 2.58. The second-order valence-electron chi connectivity index (χ2n) is 6.51. The van der Waals surface area contributed by atoms with Crippen molar-refractivity contribution in [3.8, 4) is 0 Å². The number of anilines is 1. The first kappa shape index (κ1) is 21.1. The highest BCUT2D eigenvalue weighted by molar-refractivity contribution is 5.94. The Morgan fingerprint density at radius 3 is 2.52 bits per heavy atom. The number of rotatable bonds is 9. The molecule has 140 valence electrons. The molecule has 1 aliphatic carbocycles. The number of aromatic nitrogens is 1. The number of hydrazone groups is 1. The van der Waals surface area contributed by atoms with Crippen molar-refractivity contribution < 1.29 is 4.79 Å². The lowest BCUT2D eigenvalue weighted by Gasteiger charge is -2.24. The number of nitrogens with zero attached hydrogens (tertiary/aromatic N) is 2. The molecule has 0 atom stereocenters. The number of pyridine rings is 1. The van der Waals surface area contributed by atoms with Crippen LogP contribution in [0.3, 0.4) is 0 Å². The van der Waals surface area contributed by atoms with Gasteiger partial charge >= 0.3 is 0 Å². The molecule has 2 rings (SSSR count). The molecule has 1 fully saturated rings. The molecule has 1 amide bonds.